The van der Waals surface area contributed by atoms with Crippen LogP contribution in [0.5, 0.6) is 0 Å². The smallest absolute Gasteiger partial charge is 0.251 e. The minimum Gasteiger partial charge on any atom is -0.357 e. The van der Waals surface area contributed by atoms with Gasteiger partial charge < -0.3 is 16.0 Å². The molecule has 1 aliphatic carbocycles. The molecule has 1 fully saturated rings. The molecule has 0 heterocycles. The van der Waals surface area contributed by atoms with Crippen molar-refractivity contribution < 1.29 is 4.79 Å². The van der Waals surface area contributed by atoms with Gasteiger partial charge >= 0.3 is 0 Å². The zero-order chi connectivity index (χ0) is 18.6. The van der Waals surface area contributed by atoms with Gasteiger partial charge in [-0.05, 0) is 49.8 Å². The number of amides is 1. The van der Waals surface area contributed by atoms with Gasteiger partial charge in [0.05, 0.1) is 0 Å². The standard InChI is InChI=1S/C21H34N4O/c1-3-23-21(24-14-7-11-17-8-4-5-9-17)25-15-13-18-10-6-12-19(16-18)20(26)22-2/h6,10,12,16-17H,3-5,7-9,11,13-15H2,1-2H3,(H,22,26)(H2,23,24,25). The molecule has 0 spiro atoms. The topological polar surface area (TPSA) is 65.5 Å². The van der Waals surface area contributed by atoms with E-state index >= 15 is 0 Å². The second-order valence-electron chi connectivity index (χ2n) is 7.01. The summed E-state index contributed by atoms with van der Waals surface area (Å²) in [6.07, 6.45) is 9.01. The van der Waals surface area contributed by atoms with Crippen LogP contribution in [0.15, 0.2) is 29.3 Å². The number of benzene rings is 1. The molecule has 1 aliphatic rings. The summed E-state index contributed by atoms with van der Waals surface area (Å²) >= 11 is 0. The molecule has 0 saturated heterocycles. The van der Waals surface area contributed by atoms with Gasteiger partial charge in [-0.15, -0.1) is 0 Å². The van der Waals surface area contributed by atoms with E-state index in [-0.39, 0.29) is 5.91 Å². The second-order valence-corrected chi connectivity index (χ2v) is 7.01. The Labute approximate surface area is 158 Å². The number of rotatable bonds is 9. The normalized spacial score (nSPS) is 15.1. The first-order valence-corrected chi connectivity index (χ1v) is 10.1. The maximum absolute atomic E-state index is 11.7. The maximum Gasteiger partial charge on any atom is 0.251 e. The molecule has 3 N–H and O–H groups in total. The molecule has 0 unspecified atom stereocenters. The molecule has 1 aromatic rings. The lowest BCUT2D eigenvalue weighted by molar-refractivity contribution is 0.0963. The average Bonchev–Trinajstić information content (AvgIpc) is 3.18. The summed E-state index contributed by atoms with van der Waals surface area (Å²) in [6.45, 7) is 4.63. The summed E-state index contributed by atoms with van der Waals surface area (Å²) in [5, 5.41) is 9.37. The number of carbonyl (C=O) groups excluding carboxylic acids is 1. The van der Waals surface area contributed by atoms with Crippen LogP contribution in [-0.4, -0.2) is 38.5 Å². The molecule has 0 bridgehead atoms. The minimum atomic E-state index is -0.0445. The van der Waals surface area contributed by atoms with E-state index in [2.05, 4.69) is 28.9 Å². The van der Waals surface area contributed by atoms with Gasteiger partial charge in [0.1, 0.15) is 0 Å². The fourth-order valence-corrected chi connectivity index (χ4v) is 3.55. The third-order valence-electron chi connectivity index (χ3n) is 4.98. The predicted octanol–water partition coefficient (Wildman–Crippen LogP) is 3.11. The molecule has 5 heteroatoms. The van der Waals surface area contributed by atoms with Crippen molar-refractivity contribution in [2.75, 3.05) is 26.7 Å². The predicted molar refractivity (Wildman–Crippen MR) is 109 cm³/mol. The highest BCUT2D eigenvalue weighted by atomic mass is 16.1. The molecule has 26 heavy (non-hydrogen) atoms. The van der Waals surface area contributed by atoms with Crippen molar-refractivity contribution in [2.45, 2.75) is 51.9 Å². The zero-order valence-corrected chi connectivity index (χ0v) is 16.3. The van der Waals surface area contributed by atoms with Crippen LogP contribution in [0, 0.1) is 5.92 Å². The molecule has 0 radical (unpaired) electrons. The Morgan fingerprint density at radius 2 is 2.04 bits per heavy atom. The Bertz CT molecular complexity index is 579. The third kappa shape index (κ3) is 7.06. The summed E-state index contributed by atoms with van der Waals surface area (Å²) in [4.78, 5) is 16.4. The van der Waals surface area contributed by atoms with Crippen LogP contribution in [0.25, 0.3) is 0 Å². The Morgan fingerprint density at radius 3 is 2.77 bits per heavy atom. The first-order valence-electron chi connectivity index (χ1n) is 10.1. The van der Waals surface area contributed by atoms with Gasteiger partial charge in [-0.25, -0.2) is 0 Å². The second kappa shape index (κ2) is 11.6. The Balaban J connectivity index is 1.74. The van der Waals surface area contributed by atoms with Crippen molar-refractivity contribution in [3.63, 3.8) is 0 Å². The van der Waals surface area contributed by atoms with E-state index in [1.807, 2.05) is 18.2 Å². The van der Waals surface area contributed by atoms with Crippen molar-refractivity contribution in [1.82, 2.24) is 16.0 Å². The molecule has 2 rings (SSSR count). The summed E-state index contributed by atoms with van der Waals surface area (Å²) in [6, 6.07) is 7.78. The molecular weight excluding hydrogens is 324 g/mol. The number of hydrogen-bond donors (Lipinski definition) is 3. The van der Waals surface area contributed by atoms with Gasteiger partial charge in [-0.3, -0.25) is 9.79 Å². The van der Waals surface area contributed by atoms with E-state index in [0.29, 0.717) is 5.56 Å². The fourth-order valence-electron chi connectivity index (χ4n) is 3.55. The van der Waals surface area contributed by atoms with Crippen LogP contribution in [0.3, 0.4) is 0 Å². The van der Waals surface area contributed by atoms with Crippen LogP contribution in [0.1, 0.15) is 61.4 Å². The van der Waals surface area contributed by atoms with Crippen molar-refractivity contribution >= 4 is 11.9 Å². The van der Waals surface area contributed by atoms with Gasteiger partial charge in [0.2, 0.25) is 0 Å². The van der Waals surface area contributed by atoms with Crippen LogP contribution < -0.4 is 16.0 Å². The first kappa shape index (κ1) is 20.3. The van der Waals surface area contributed by atoms with E-state index in [9.17, 15) is 4.79 Å². The number of carbonyl (C=O) groups is 1. The molecule has 0 aromatic heterocycles. The molecule has 0 aliphatic heterocycles. The van der Waals surface area contributed by atoms with Gasteiger partial charge in [-0.1, -0.05) is 37.8 Å². The Hall–Kier alpha value is -2.04. The van der Waals surface area contributed by atoms with Crippen LogP contribution in [0.2, 0.25) is 0 Å². The average molecular weight is 359 g/mol. The Morgan fingerprint density at radius 1 is 1.23 bits per heavy atom. The van der Waals surface area contributed by atoms with E-state index in [4.69, 9.17) is 4.99 Å². The quantitative estimate of drug-likeness (QED) is 0.361. The van der Waals surface area contributed by atoms with Gasteiger partial charge in [0.25, 0.3) is 5.91 Å². The lowest BCUT2D eigenvalue weighted by atomic mass is 10.0. The van der Waals surface area contributed by atoms with Crippen LogP contribution >= 0.6 is 0 Å². The highest BCUT2D eigenvalue weighted by Gasteiger charge is 2.13. The molecular formula is C21H34N4O. The van der Waals surface area contributed by atoms with E-state index in [0.717, 1.165) is 43.5 Å². The maximum atomic E-state index is 11.7. The zero-order valence-electron chi connectivity index (χ0n) is 16.3. The molecule has 1 amide bonds. The molecule has 1 aromatic carbocycles. The molecule has 5 nitrogen and oxygen atoms in total. The number of nitrogens with one attached hydrogen (secondary N) is 3. The third-order valence-corrected chi connectivity index (χ3v) is 4.98. The van der Waals surface area contributed by atoms with E-state index in [1.54, 1.807) is 7.05 Å². The van der Waals surface area contributed by atoms with Gasteiger partial charge in [0, 0.05) is 32.2 Å². The number of nitrogens with zero attached hydrogens (tertiary/aromatic N) is 1. The summed E-state index contributed by atoms with van der Waals surface area (Å²) in [5.41, 5.74) is 1.85. The molecule has 0 atom stereocenters. The number of guanidine groups is 1. The van der Waals surface area contributed by atoms with E-state index in [1.165, 1.54) is 38.5 Å². The first-order chi connectivity index (χ1) is 12.7. The van der Waals surface area contributed by atoms with Crippen molar-refractivity contribution in [3.8, 4) is 0 Å². The van der Waals surface area contributed by atoms with E-state index < -0.39 is 0 Å². The Kier molecular flexibility index (Phi) is 9.01. The molecule has 1 saturated carbocycles. The largest absolute Gasteiger partial charge is 0.357 e. The van der Waals surface area contributed by atoms with Gasteiger partial charge in [0.15, 0.2) is 5.96 Å². The number of aliphatic imine (C=N–C) groups is 1. The summed E-state index contributed by atoms with van der Waals surface area (Å²) < 4.78 is 0. The minimum absolute atomic E-state index is 0.0445. The lowest BCUT2D eigenvalue weighted by Crippen LogP contribution is -2.38. The van der Waals surface area contributed by atoms with Crippen molar-refractivity contribution in [3.05, 3.63) is 35.4 Å². The van der Waals surface area contributed by atoms with Crippen LogP contribution in [-0.2, 0) is 6.42 Å². The van der Waals surface area contributed by atoms with Crippen molar-refractivity contribution in [2.24, 2.45) is 10.9 Å². The van der Waals surface area contributed by atoms with Crippen LogP contribution in [0.4, 0.5) is 0 Å². The SMILES string of the molecule is CCNC(=NCCCC1CCCC1)NCCc1cccc(C(=O)NC)c1. The monoisotopic (exact) mass is 358 g/mol. The highest BCUT2D eigenvalue weighted by Crippen LogP contribution is 2.28. The highest BCUT2D eigenvalue weighted by molar-refractivity contribution is 5.94. The van der Waals surface area contributed by atoms with Gasteiger partial charge in [-0.2, -0.15) is 0 Å². The fraction of sp³-hybridized carbons (Fsp3) is 0.619. The van der Waals surface area contributed by atoms with Crippen molar-refractivity contribution in [1.29, 1.82) is 0 Å². The summed E-state index contributed by atoms with van der Waals surface area (Å²) in [7, 11) is 1.66. The summed E-state index contributed by atoms with van der Waals surface area (Å²) in [5.74, 6) is 1.78. The lowest BCUT2D eigenvalue weighted by Gasteiger charge is -2.12. The number of hydrogen-bond acceptors (Lipinski definition) is 2. The molecule has 144 valence electrons.